The lowest BCUT2D eigenvalue weighted by Gasteiger charge is -2.34. The van der Waals surface area contributed by atoms with E-state index in [1.165, 1.54) is 0 Å². The van der Waals surface area contributed by atoms with Gasteiger partial charge in [-0.05, 0) is 52.3 Å². The van der Waals surface area contributed by atoms with Crippen molar-refractivity contribution in [2.45, 2.75) is 17.7 Å². The maximum Gasteiger partial charge on any atom is 0.0314 e. The summed E-state index contributed by atoms with van der Waals surface area (Å²) in [5, 5.41) is 6.08. The largest absolute Gasteiger partial charge is 0.399 e. The molecule has 1 aliphatic rings. The van der Waals surface area contributed by atoms with Crippen LogP contribution < -0.4 is 10.9 Å². The highest BCUT2D eigenvalue weighted by Gasteiger charge is 2.36. The van der Waals surface area contributed by atoms with E-state index in [-0.39, 0.29) is 0 Å². The molecule has 0 amide bonds. The standard InChI is InChI=1S/C11H18N2OS/c1-15(13,14,8-9-2-3-9)11-6-4-10(12)5-7-11/h4-7,9H,2-3,8,12H2,1H3,(H2,13,14). The Balaban J connectivity index is 2.33. The van der Waals surface area contributed by atoms with Gasteiger partial charge in [-0.2, -0.15) is 0 Å². The molecular formula is C11H18N2OS. The number of hydrogen-bond donors (Lipinski definition) is 2. The molecule has 84 valence electrons. The number of nitrogens with two attached hydrogens (primary N) is 2. The highest BCUT2D eigenvalue weighted by atomic mass is 32.3. The van der Waals surface area contributed by atoms with Crippen LogP contribution in [0.2, 0.25) is 0 Å². The molecule has 0 unspecified atom stereocenters. The average molecular weight is 226 g/mol. The van der Waals surface area contributed by atoms with Crippen LogP contribution in [0.4, 0.5) is 5.69 Å². The van der Waals surface area contributed by atoms with E-state index in [1.54, 1.807) is 30.5 Å². The van der Waals surface area contributed by atoms with Crippen LogP contribution in [0.3, 0.4) is 0 Å². The first-order valence-electron chi connectivity index (χ1n) is 5.14. The fraction of sp³-hybridized carbons (Fsp3) is 0.455. The van der Waals surface area contributed by atoms with E-state index < -0.39 is 9.25 Å². The summed E-state index contributed by atoms with van der Waals surface area (Å²) in [7, 11) is -3.12. The van der Waals surface area contributed by atoms with Crippen molar-refractivity contribution in [1.82, 2.24) is 0 Å². The van der Waals surface area contributed by atoms with Gasteiger partial charge in [-0.15, -0.1) is 0 Å². The van der Waals surface area contributed by atoms with Gasteiger partial charge in [0.15, 0.2) is 0 Å². The average Bonchev–Trinajstić information content (AvgIpc) is 2.87. The Hall–Kier alpha value is -0.870. The Morgan fingerprint density at radius 1 is 1.33 bits per heavy atom. The van der Waals surface area contributed by atoms with Crippen LogP contribution in [0.5, 0.6) is 0 Å². The summed E-state index contributed by atoms with van der Waals surface area (Å²) in [5.74, 6) is 1.17. The Morgan fingerprint density at radius 2 is 1.87 bits per heavy atom. The van der Waals surface area contributed by atoms with Crippen LogP contribution in [0.1, 0.15) is 12.8 Å². The predicted molar refractivity (Wildman–Crippen MR) is 65.0 cm³/mol. The molecule has 2 rings (SSSR count). The maximum atomic E-state index is 12.7. The molecule has 1 aliphatic carbocycles. The van der Waals surface area contributed by atoms with Gasteiger partial charge in [-0.25, -0.2) is 0 Å². The molecule has 4 N–H and O–H groups in total. The van der Waals surface area contributed by atoms with E-state index in [1.807, 2.05) is 0 Å². The van der Waals surface area contributed by atoms with Gasteiger partial charge >= 0.3 is 0 Å². The van der Waals surface area contributed by atoms with E-state index >= 15 is 0 Å². The zero-order chi connectivity index (χ0) is 11.1. The molecule has 1 fully saturated rings. The molecule has 0 heterocycles. The van der Waals surface area contributed by atoms with Gasteiger partial charge in [0.2, 0.25) is 0 Å². The van der Waals surface area contributed by atoms with Gasteiger partial charge in [-0.3, -0.25) is 9.35 Å². The Bertz CT molecular complexity index is 428. The lowest BCUT2D eigenvalue weighted by Crippen LogP contribution is -2.45. The van der Waals surface area contributed by atoms with Gasteiger partial charge in [-0.1, -0.05) is 0 Å². The molecule has 3 nitrogen and oxygen atoms in total. The van der Waals surface area contributed by atoms with Crippen molar-refractivity contribution in [2.75, 3.05) is 17.7 Å². The SMILES string of the molecule is CS(N)(=O)(CC1CC1)c1ccc(N)cc1. The van der Waals surface area contributed by atoms with E-state index in [4.69, 9.17) is 10.9 Å². The second-order valence-corrected chi connectivity index (χ2v) is 8.85. The van der Waals surface area contributed by atoms with Crippen molar-refractivity contribution >= 4 is 14.9 Å². The zero-order valence-electron chi connectivity index (χ0n) is 8.98. The van der Waals surface area contributed by atoms with Crippen molar-refractivity contribution in [2.24, 2.45) is 11.1 Å². The first kappa shape index (κ1) is 10.6. The van der Waals surface area contributed by atoms with Crippen molar-refractivity contribution in [1.29, 1.82) is 0 Å². The van der Waals surface area contributed by atoms with E-state index in [0.717, 1.165) is 17.7 Å². The number of hydrogen-bond acceptors (Lipinski definition) is 2. The molecule has 0 atom stereocenters. The van der Waals surface area contributed by atoms with Gasteiger partial charge in [0.1, 0.15) is 0 Å². The molecule has 1 aromatic rings. The number of rotatable bonds is 3. The first-order chi connectivity index (χ1) is 6.85. The van der Waals surface area contributed by atoms with Crippen LogP contribution in [0.15, 0.2) is 29.2 Å². The quantitative estimate of drug-likeness (QED) is 0.764. The third kappa shape index (κ3) is 2.38. The molecule has 0 spiro atoms. The summed E-state index contributed by atoms with van der Waals surface area (Å²) >= 11 is 0. The van der Waals surface area contributed by atoms with Crippen molar-refractivity contribution in [3.63, 3.8) is 0 Å². The molecule has 0 aliphatic heterocycles. The first-order valence-corrected chi connectivity index (χ1v) is 7.75. The maximum absolute atomic E-state index is 12.7. The summed E-state index contributed by atoms with van der Waals surface area (Å²) in [4.78, 5) is 0.730. The van der Waals surface area contributed by atoms with Crippen LogP contribution in [-0.4, -0.2) is 16.2 Å². The molecule has 15 heavy (non-hydrogen) atoms. The van der Waals surface area contributed by atoms with Crippen molar-refractivity contribution < 1.29 is 4.21 Å². The lowest BCUT2D eigenvalue weighted by atomic mass is 10.3. The van der Waals surface area contributed by atoms with Crippen LogP contribution in [0, 0.1) is 5.92 Å². The molecule has 1 aromatic carbocycles. The summed E-state index contributed by atoms with van der Waals surface area (Å²) < 4.78 is 12.7. The minimum Gasteiger partial charge on any atom is -0.399 e. The van der Waals surface area contributed by atoms with Gasteiger partial charge in [0, 0.05) is 22.6 Å². The molecule has 0 bridgehead atoms. The molecule has 1 saturated carbocycles. The van der Waals surface area contributed by atoms with E-state index in [0.29, 0.717) is 17.4 Å². The number of benzene rings is 1. The third-order valence-electron chi connectivity index (χ3n) is 2.86. The summed E-state index contributed by atoms with van der Waals surface area (Å²) in [6.45, 7) is 0. The normalized spacial score (nSPS) is 19.5. The Kier molecular flexibility index (Phi) is 2.17. The summed E-state index contributed by atoms with van der Waals surface area (Å²) in [5.41, 5.74) is 6.27. The van der Waals surface area contributed by atoms with E-state index in [2.05, 4.69) is 0 Å². The van der Waals surface area contributed by atoms with Crippen LogP contribution in [0.25, 0.3) is 0 Å². The highest BCUT2D eigenvalue weighted by molar-refractivity contribution is 8.17. The van der Waals surface area contributed by atoms with Gasteiger partial charge in [0.05, 0.1) is 0 Å². The van der Waals surface area contributed by atoms with Crippen LogP contribution in [-0.2, 0) is 9.25 Å². The second-order valence-electron chi connectivity index (χ2n) is 4.80. The smallest absolute Gasteiger partial charge is 0.0314 e. The lowest BCUT2D eigenvalue weighted by molar-refractivity contribution is 0.655. The fourth-order valence-corrected chi connectivity index (χ4v) is 4.37. The van der Waals surface area contributed by atoms with E-state index in [9.17, 15) is 4.21 Å². The van der Waals surface area contributed by atoms with Gasteiger partial charge < -0.3 is 5.73 Å². The summed E-state index contributed by atoms with van der Waals surface area (Å²) in [6.07, 6.45) is 4.00. The molecule has 0 saturated heterocycles. The minimum atomic E-state index is -3.12. The zero-order valence-corrected chi connectivity index (χ0v) is 9.80. The molecule has 0 radical (unpaired) electrons. The van der Waals surface area contributed by atoms with Crippen LogP contribution >= 0.6 is 0 Å². The predicted octanol–water partition coefficient (Wildman–Crippen LogP) is 1.36. The monoisotopic (exact) mass is 226 g/mol. The Morgan fingerprint density at radius 3 is 2.33 bits per heavy atom. The minimum absolute atomic E-state index is 0.553. The van der Waals surface area contributed by atoms with Gasteiger partial charge in [0.25, 0.3) is 0 Å². The molecular weight excluding hydrogens is 208 g/mol. The topological polar surface area (TPSA) is 69.1 Å². The van der Waals surface area contributed by atoms with Crippen molar-refractivity contribution in [3.8, 4) is 0 Å². The summed E-state index contributed by atoms with van der Waals surface area (Å²) in [6, 6.07) is 7.08. The third-order valence-corrected chi connectivity index (χ3v) is 5.70. The number of nitrogen functional groups attached to an aromatic ring is 1. The fourth-order valence-electron chi connectivity index (χ4n) is 1.80. The van der Waals surface area contributed by atoms with Crippen molar-refractivity contribution in [3.05, 3.63) is 24.3 Å². The number of anilines is 1. The second kappa shape index (κ2) is 3.06. The highest BCUT2D eigenvalue weighted by Crippen LogP contribution is 2.38. The molecule has 0 aromatic heterocycles. The Labute approximate surface area is 90.4 Å². The molecule has 4 heteroatoms.